The highest BCUT2D eigenvalue weighted by atomic mass is 35.5. The van der Waals surface area contributed by atoms with Crippen LogP contribution in [0.1, 0.15) is 11.1 Å². The molecule has 3 rings (SSSR count). The van der Waals surface area contributed by atoms with Gasteiger partial charge in [0.15, 0.2) is 0 Å². The summed E-state index contributed by atoms with van der Waals surface area (Å²) < 4.78 is 17.0. The van der Waals surface area contributed by atoms with Gasteiger partial charge in [0, 0.05) is 16.1 Å². The van der Waals surface area contributed by atoms with Crippen molar-refractivity contribution in [2.45, 2.75) is 5.79 Å². The summed E-state index contributed by atoms with van der Waals surface area (Å²) in [5.74, 6) is -0.0466. The van der Waals surface area contributed by atoms with Gasteiger partial charge >= 0.3 is 0 Å². The van der Waals surface area contributed by atoms with Crippen molar-refractivity contribution in [3.8, 4) is 5.75 Å². The van der Waals surface area contributed by atoms with E-state index in [0.717, 1.165) is 16.9 Å². The zero-order valence-electron chi connectivity index (χ0n) is 11.1. The predicted octanol–water partition coefficient (Wildman–Crippen LogP) is 3.60. The van der Waals surface area contributed by atoms with Crippen molar-refractivity contribution in [1.29, 1.82) is 0 Å². The van der Waals surface area contributed by atoms with E-state index in [1.54, 1.807) is 7.11 Å². The van der Waals surface area contributed by atoms with E-state index >= 15 is 0 Å². The minimum atomic E-state index is -0.850. The standard InChI is InChI=1S/C16H15ClO3/c1-18-15-8-4-13(5-9-15)16(19-10-11-20-16)12-2-6-14(17)7-3-12/h2-9H,10-11H2,1H3. The second-order valence-electron chi connectivity index (χ2n) is 4.55. The van der Waals surface area contributed by atoms with Crippen LogP contribution in [0.2, 0.25) is 5.02 Å². The molecule has 0 spiro atoms. The summed E-state index contributed by atoms with van der Waals surface area (Å²) in [7, 11) is 1.65. The molecule has 1 aliphatic heterocycles. The number of methoxy groups -OCH3 is 1. The number of ether oxygens (including phenoxy) is 3. The van der Waals surface area contributed by atoms with Crippen LogP contribution in [0.25, 0.3) is 0 Å². The van der Waals surface area contributed by atoms with Gasteiger partial charge in [-0.2, -0.15) is 0 Å². The molecule has 0 unspecified atom stereocenters. The van der Waals surface area contributed by atoms with Crippen LogP contribution in [0, 0.1) is 0 Å². The third kappa shape index (κ3) is 2.29. The second kappa shape index (κ2) is 5.44. The maximum absolute atomic E-state index is 5.95. The SMILES string of the molecule is COc1ccc(C2(c3ccc(Cl)cc3)OCCO2)cc1. The zero-order chi connectivity index (χ0) is 14.0. The van der Waals surface area contributed by atoms with Crippen molar-refractivity contribution in [2.75, 3.05) is 20.3 Å². The predicted molar refractivity (Wildman–Crippen MR) is 77.1 cm³/mol. The lowest BCUT2D eigenvalue weighted by molar-refractivity contribution is -0.129. The monoisotopic (exact) mass is 290 g/mol. The van der Waals surface area contributed by atoms with Gasteiger partial charge in [-0.15, -0.1) is 0 Å². The lowest BCUT2D eigenvalue weighted by atomic mass is 9.97. The molecule has 2 aromatic rings. The molecule has 2 aromatic carbocycles. The van der Waals surface area contributed by atoms with Crippen molar-refractivity contribution in [2.24, 2.45) is 0 Å². The van der Waals surface area contributed by atoms with Gasteiger partial charge < -0.3 is 14.2 Å². The molecule has 0 amide bonds. The van der Waals surface area contributed by atoms with Crippen LogP contribution < -0.4 is 4.74 Å². The summed E-state index contributed by atoms with van der Waals surface area (Å²) in [6.07, 6.45) is 0. The Labute approximate surface area is 123 Å². The summed E-state index contributed by atoms with van der Waals surface area (Å²) in [6, 6.07) is 15.3. The Balaban J connectivity index is 2.04. The lowest BCUT2D eigenvalue weighted by Crippen LogP contribution is -2.28. The molecule has 0 aromatic heterocycles. The van der Waals surface area contributed by atoms with Crippen molar-refractivity contribution < 1.29 is 14.2 Å². The number of benzene rings is 2. The largest absolute Gasteiger partial charge is 0.497 e. The summed E-state index contributed by atoms with van der Waals surface area (Å²) in [5, 5.41) is 0.691. The van der Waals surface area contributed by atoms with Crippen LogP contribution in [0.3, 0.4) is 0 Å². The molecule has 1 heterocycles. The number of rotatable bonds is 3. The van der Waals surface area contributed by atoms with E-state index in [1.165, 1.54) is 0 Å². The minimum Gasteiger partial charge on any atom is -0.497 e. The average molecular weight is 291 g/mol. The summed E-state index contributed by atoms with van der Waals surface area (Å²) in [5.41, 5.74) is 1.88. The molecule has 0 atom stereocenters. The molecule has 1 aliphatic rings. The van der Waals surface area contributed by atoms with E-state index in [9.17, 15) is 0 Å². The highest BCUT2D eigenvalue weighted by molar-refractivity contribution is 6.30. The number of hydrogen-bond donors (Lipinski definition) is 0. The molecule has 0 aliphatic carbocycles. The molecule has 0 saturated carbocycles. The smallest absolute Gasteiger partial charge is 0.222 e. The van der Waals surface area contributed by atoms with E-state index < -0.39 is 5.79 Å². The fourth-order valence-corrected chi connectivity index (χ4v) is 2.52. The van der Waals surface area contributed by atoms with Gasteiger partial charge in [0.25, 0.3) is 0 Å². The van der Waals surface area contributed by atoms with Gasteiger partial charge in [0.05, 0.1) is 20.3 Å². The molecule has 0 bridgehead atoms. The van der Waals surface area contributed by atoms with Crippen molar-refractivity contribution in [1.82, 2.24) is 0 Å². The summed E-state index contributed by atoms with van der Waals surface area (Å²) in [6.45, 7) is 1.13. The maximum atomic E-state index is 5.95. The maximum Gasteiger partial charge on any atom is 0.222 e. The van der Waals surface area contributed by atoms with E-state index in [1.807, 2.05) is 48.5 Å². The first-order valence-electron chi connectivity index (χ1n) is 6.43. The lowest BCUT2D eigenvalue weighted by Gasteiger charge is -2.28. The first-order valence-corrected chi connectivity index (χ1v) is 6.81. The van der Waals surface area contributed by atoms with Gasteiger partial charge in [-0.25, -0.2) is 0 Å². The quantitative estimate of drug-likeness (QED) is 0.864. The Morgan fingerprint density at radius 1 is 0.900 bits per heavy atom. The molecule has 104 valence electrons. The normalized spacial score (nSPS) is 17.1. The van der Waals surface area contributed by atoms with E-state index in [0.29, 0.717) is 18.2 Å². The van der Waals surface area contributed by atoms with Gasteiger partial charge in [-0.05, 0) is 36.4 Å². The second-order valence-corrected chi connectivity index (χ2v) is 4.99. The first-order chi connectivity index (χ1) is 9.74. The van der Waals surface area contributed by atoms with E-state index in [4.69, 9.17) is 25.8 Å². The third-order valence-electron chi connectivity index (χ3n) is 3.39. The van der Waals surface area contributed by atoms with Crippen LogP contribution in [0.4, 0.5) is 0 Å². The Bertz CT molecular complexity index is 572. The van der Waals surface area contributed by atoms with Crippen LogP contribution in [0.5, 0.6) is 5.75 Å². The molecular weight excluding hydrogens is 276 g/mol. The summed E-state index contributed by atoms with van der Waals surface area (Å²) in [4.78, 5) is 0. The van der Waals surface area contributed by atoms with E-state index in [-0.39, 0.29) is 0 Å². The fourth-order valence-electron chi connectivity index (χ4n) is 2.39. The van der Waals surface area contributed by atoms with Crippen LogP contribution in [-0.2, 0) is 15.3 Å². The van der Waals surface area contributed by atoms with Crippen LogP contribution >= 0.6 is 11.6 Å². The molecule has 3 nitrogen and oxygen atoms in total. The molecule has 20 heavy (non-hydrogen) atoms. The zero-order valence-corrected chi connectivity index (χ0v) is 11.9. The fraction of sp³-hybridized carbons (Fsp3) is 0.250. The first kappa shape index (κ1) is 13.4. The van der Waals surface area contributed by atoms with Crippen LogP contribution in [0.15, 0.2) is 48.5 Å². The average Bonchev–Trinajstić information content (AvgIpc) is 2.99. The topological polar surface area (TPSA) is 27.7 Å². The Morgan fingerprint density at radius 2 is 1.40 bits per heavy atom. The van der Waals surface area contributed by atoms with Gasteiger partial charge in [0.1, 0.15) is 5.75 Å². The highest BCUT2D eigenvalue weighted by Gasteiger charge is 2.40. The Kier molecular flexibility index (Phi) is 3.66. The molecule has 4 heteroatoms. The van der Waals surface area contributed by atoms with Gasteiger partial charge in [-0.3, -0.25) is 0 Å². The molecular formula is C16H15ClO3. The van der Waals surface area contributed by atoms with Crippen molar-refractivity contribution in [3.05, 3.63) is 64.7 Å². The molecule has 0 N–H and O–H groups in total. The molecule has 0 radical (unpaired) electrons. The Hall–Kier alpha value is -1.55. The number of halogens is 1. The minimum absolute atomic E-state index is 0.564. The van der Waals surface area contributed by atoms with Crippen LogP contribution in [-0.4, -0.2) is 20.3 Å². The molecule has 1 fully saturated rings. The van der Waals surface area contributed by atoms with Gasteiger partial charge in [-0.1, -0.05) is 23.7 Å². The highest BCUT2D eigenvalue weighted by Crippen LogP contribution is 2.39. The van der Waals surface area contributed by atoms with E-state index in [2.05, 4.69) is 0 Å². The third-order valence-corrected chi connectivity index (χ3v) is 3.64. The molecule has 1 saturated heterocycles. The Morgan fingerprint density at radius 3 is 1.90 bits per heavy atom. The number of hydrogen-bond acceptors (Lipinski definition) is 3. The van der Waals surface area contributed by atoms with Crippen molar-refractivity contribution >= 4 is 11.6 Å². The van der Waals surface area contributed by atoms with Crippen molar-refractivity contribution in [3.63, 3.8) is 0 Å². The summed E-state index contributed by atoms with van der Waals surface area (Å²) >= 11 is 5.95. The van der Waals surface area contributed by atoms with Gasteiger partial charge in [0.2, 0.25) is 5.79 Å².